The van der Waals surface area contributed by atoms with Gasteiger partial charge in [0.15, 0.2) is 0 Å². The van der Waals surface area contributed by atoms with E-state index in [0.717, 1.165) is 47.8 Å². The van der Waals surface area contributed by atoms with Crippen molar-refractivity contribution in [3.63, 3.8) is 0 Å². The number of aromatic hydroxyl groups is 1. The standard InChI is InChI=1S/C19H24N2O2/c1-2-12-11-21-8-6-13(12)9-18(21)19(23)15-5-7-20-17-4-3-14(22)10-16(15)17/h3-5,7,10,12-13,18-19,22-23H,2,6,8-9,11H2,1H3. The average molecular weight is 312 g/mol. The van der Waals surface area contributed by atoms with E-state index in [1.54, 1.807) is 24.4 Å². The van der Waals surface area contributed by atoms with Gasteiger partial charge in [0.1, 0.15) is 5.75 Å². The van der Waals surface area contributed by atoms with E-state index < -0.39 is 6.10 Å². The maximum Gasteiger partial charge on any atom is 0.116 e. The van der Waals surface area contributed by atoms with Crippen LogP contribution in [0.25, 0.3) is 10.9 Å². The van der Waals surface area contributed by atoms with Gasteiger partial charge in [-0.05, 0) is 61.1 Å². The molecular formula is C19H24N2O2. The Morgan fingerprint density at radius 3 is 2.96 bits per heavy atom. The molecule has 0 radical (unpaired) electrons. The fourth-order valence-corrected chi connectivity index (χ4v) is 4.59. The van der Waals surface area contributed by atoms with Crippen LogP contribution in [0.1, 0.15) is 37.9 Å². The van der Waals surface area contributed by atoms with E-state index in [1.165, 1.54) is 12.8 Å². The molecule has 2 N–H and O–H groups in total. The predicted octanol–water partition coefficient (Wildman–Crippen LogP) is 3.09. The molecule has 3 fully saturated rings. The highest BCUT2D eigenvalue weighted by atomic mass is 16.3. The molecule has 0 spiro atoms. The van der Waals surface area contributed by atoms with Gasteiger partial charge in [-0.2, -0.15) is 0 Å². The number of aliphatic hydroxyl groups is 1. The summed E-state index contributed by atoms with van der Waals surface area (Å²) in [6.45, 7) is 4.48. The molecule has 23 heavy (non-hydrogen) atoms. The second-order valence-electron chi connectivity index (χ2n) is 7.06. The Kier molecular flexibility index (Phi) is 3.74. The second-order valence-corrected chi connectivity index (χ2v) is 7.06. The van der Waals surface area contributed by atoms with Crippen LogP contribution in [0, 0.1) is 11.8 Å². The number of piperidine rings is 3. The van der Waals surface area contributed by atoms with Crippen LogP contribution < -0.4 is 0 Å². The zero-order valence-electron chi connectivity index (χ0n) is 13.5. The molecule has 5 rings (SSSR count). The summed E-state index contributed by atoms with van der Waals surface area (Å²) in [5, 5.41) is 21.7. The first-order valence-corrected chi connectivity index (χ1v) is 8.67. The number of fused-ring (bicyclic) bond motifs is 4. The Balaban J connectivity index is 1.68. The quantitative estimate of drug-likeness (QED) is 0.914. The summed E-state index contributed by atoms with van der Waals surface area (Å²) in [5.74, 6) is 1.74. The summed E-state index contributed by atoms with van der Waals surface area (Å²) in [6.07, 6.45) is 4.80. The predicted molar refractivity (Wildman–Crippen MR) is 90.2 cm³/mol. The molecule has 4 heteroatoms. The molecule has 1 aromatic carbocycles. The van der Waals surface area contributed by atoms with E-state index in [-0.39, 0.29) is 11.8 Å². The van der Waals surface area contributed by atoms with Gasteiger partial charge in [-0.25, -0.2) is 0 Å². The molecule has 0 amide bonds. The van der Waals surface area contributed by atoms with Crippen molar-refractivity contribution in [2.24, 2.45) is 11.8 Å². The molecule has 3 saturated heterocycles. The zero-order valence-corrected chi connectivity index (χ0v) is 13.5. The van der Waals surface area contributed by atoms with Crippen LogP contribution in [0.15, 0.2) is 30.5 Å². The van der Waals surface area contributed by atoms with Crippen molar-refractivity contribution < 1.29 is 10.2 Å². The highest BCUT2D eigenvalue weighted by molar-refractivity contribution is 5.83. The van der Waals surface area contributed by atoms with Crippen molar-refractivity contribution >= 4 is 10.9 Å². The van der Waals surface area contributed by atoms with Crippen molar-refractivity contribution in [3.8, 4) is 5.75 Å². The second kappa shape index (κ2) is 5.77. The van der Waals surface area contributed by atoms with Crippen LogP contribution in [0.5, 0.6) is 5.75 Å². The van der Waals surface area contributed by atoms with E-state index in [2.05, 4.69) is 16.8 Å². The first-order valence-electron chi connectivity index (χ1n) is 8.67. The Hall–Kier alpha value is -1.65. The molecule has 4 nitrogen and oxygen atoms in total. The third-order valence-corrected chi connectivity index (χ3v) is 5.90. The third-order valence-electron chi connectivity index (χ3n) is 5.90. The van der Waals surface area contributed by atoms with Gasteiger partial charge in [-0.3, -0.25) is 9.88 Å². The summed E-state index contributed by atoms with van der Waals surface area (Å²) in [4.78, 5) is 6.81. The summed E-state index contributed by atoms with van der Waals surface area (Å²) in [6, 6.07) is 7.24. The normalized spacial score (nSPS) is 31.4. The monoisotopic (exact) mass is 312 g/mol. The molecule has 5 unspecified atom stereocenters. The molecule has 5 atom stereocenters. The minimum atomic E-state index is -0.525. The molecule has 0 saturated carbocycles. The number of aromatic nitrogens is 1. The number of nitrogens with zero attached hydrogens (tertiary/aromatic N) is 2. The third kappa shape index (κ3) is 2.50. The number of pyridine rings is 1. The maximum absolute atomic E-state index is 11.1. The number of aliphatic hydroxyl groups excluding tert-OH is 1. The van der Waals surface area contributed by atoms with Crippen LogP contribution in [0.3, 0.4) is 0 Å². The molecule has 2 aromatic rings. The zero-order chi connectivity index (χ0) is 16.0. The SMILES string of the molecule is CCC1CN2CCC1CC2C(O)c1ccnc2ccc(O)cc12. The van der Waals surface area contributed by atoms with E-state index >= 15 is 0 Å². The van der Waals surface area contributed by atoms with Crippen molar-refractivity contribution in [1.29, 1.82) is 0 Å². The van der Waals surface area contributed by atoms with Gasteiger partial charge in [0.25, 0.3) is 0 Å². The summed E-state index contributed by atoms with van der Waals surface area (Å²) in [7, 11) is 0. The Labute approximate surface area is 136 Å². The van der Waals surface area contributed by atoms with Crippen LogP contribution in [-0.4, -0.2) is 39.2 Å². The molecule has 0 aliphatic carbocycles. The summed E-state index contributed by atoms with van der Waals surface area (Å²) >= 11 is 0. The highest BCUT2D eigenvalue weighted by Gasteiger charge is 2.42. The molecule has 122 valence electrons. The number of phenols is 1. The lowest BCUT2D eigenvalue weighted by Crippen LogP contribution is -2.55. The lowest BCUT2D eigenvalue weighted by atomic mass is 9.72. The summed E-state index contributed by atoms with van der Waals surface area (Å²) in [5.41, 5.74) is 1.71. The molecular weight excluding hydrogens is 288 g/mol. The van der Waals surface area contributed by atoms with Crippen molar-refractivity contribution in [2.75, 3.05) is 13.1 Å². The van der Waals surface area contributed by atoms with Crippen LogP contribution in [-0.2, 0) is 0 Å². The maximum atomic E-state index is 11.1. The topological polar surface area (TPSA) is 56.6 Å². The smallest absolute Gasteiger partial charge is 0.116 e. The molecule has 4 heterocycles. The van der Waals surface area contributed by atoms with Gasteiger partial charge < -0.3 is 10.2 Å². The minimum Gasteiger partial charge on any atom is -0.508 e. The number of hydrogen-bond acceptors (Lipinski definition) is 4. The van der Waals surface area contributed by atoms with Crippen molar-refractivity contribution in [2.45, 2.75) is 38.3 Å². The van der Waals surface area contributed by atoms with E-state index in [0.29, 0.717) is 0 Å². The van der Waals surface area contributed by atoms with E-state index in [1.807, 2.05) is 6.07 Å². The van der Waals surface area contributed by atoms with Gasteiger partial charge in [0.05, 0.1) is 11.6 Å². The Bertz CT molecular complexity index is 718. The molecule has 3 aliphatic heterocycles. The minimum absolute atomic E-state index is 0.185. The number of phenolic OH excluding ortho intramolecular Hbond substituents is 1. The van der Waals surface area contributed by atoms with Crippen LogP contribution in [0.2, 0.25) is 0 Å². The first-order chi connectivity index (χ1) is 11.2. The fourth-order valence-electron chi connectivity index (χ4n) is 4.59. The lowest BCUT2D eigenvalue weighted by Gasteiger charge is -2.51. The first kappa shape index (κ1) is 14.9. The van der Waals surface area contributed by atoms with Gasteiger partial charge in [-0.1, -0.05) is 13.3 Å². The van der Waals surface area contributed by atoms with Crippen molar-refractivity contribution in [1.82, 2.24) is 9.88 Å². The van der Waals surface area contributed by atoms with E-state index in [4.69, 9.17) is 0 Å². The average Bonchev–Trinajstić information content (AvgIpc) is 2.60. The van der Waals surface area contributed by atoms with Crippen LogP contribution >= 0.6 is 0 Å². The fraction of sp³-hybridized carbons (Fsp3) is 0.526. The van der Waals surface area contributed by atoms with Gasteiger partial charge in [-0.15, -0.1) is 0 Å². The number of benzene rings is 1. The largest absolute Gasteiger partial charge is 0.508 e. The number of hydrogen-bond donors (Lipinski definition) is 2. The van der Waals surface area contributed by atoms with Gasteiger partial charge >= 0.3 is 0 Å². The Morgan fingerprint density at radius 2 is 2.22 bits per heavy atom. The van der Waals surface area contributed by atoms with Gasteiger partial charge in [0, 0.05) is 24.2 Å². The van der Waals surface area contributed by atoms with Crippen molar-refractivity contribution in [3.05, 3.63) is 36.0 Å². The number of rotatable bonds is 3. The Morgan fingerprint density at radius 1 is 1.35 bits per heavy atom. The molecule has 3 aliphatic rings. The lowest BCUT2D eigenvalue weighted by molar-refractivity contribution is -0.0562. The molecule has 1 aromatic heterocycles. The van der Waals surface area contributed by atoms with Crippen LogP contribution in [0.4, 0.5) is 0 Å². The molecule has 2 bridgehead atoms. The highest BCUT2D eigenvalue weighted by Crippen LogP contribution is 2.42. The van der Waals surface area contributed by atoms with Gasteiger partial charge in [0.2, 0.25) is 0 Å². The van der Waals surface area contributed by atoms with E-state index in [9.17, 15) is 10.2 Å². The summed E-state index contributed by atoms with van der Waals surface area (Å²) < 4.78 is 0.